The van der Waals surface area contributed by atoms with Crippen LogP contribution in [0.15, 0.2) is 92.6 Å². The molecule has 29 heavy (non-hydrogen) atoms. The molecule has 3 rings (SSSR count). The summed E-state index contributed by atoms with van der Waals surface area (Å²) in [5.74, 6) is -0.365. The first kappa shape index (κ1) is 21.0. The van der Waals surface area contributed by atoms with Crippen molar-refractivity contribution < 1.29 is 13.2 Å². The van der Waals surface area contributed by atoms with Gasteiger partial charge in [0.1, 0.15) is 5.84 Å². The Bertz CT molecular complexity index is 1120. The maximum Gasteiger partial charge on any atom is 0.283 e. The van der Waals surface area contributed by atoms with Gasteiger partial charge >= 0.3 is 0 Å². The molecule has 148 valence electrons. The molecule has 0 aliphatic heterocycles. The Morgan fingerprint density at radius 1 is 0.931 bits per heavy atom. The topological polar surface area (TPSA) is 75.6 Å². The number of benzene rings is 3. The van der Waals surface area contributed by atoms with Gasteiger partial charge in [0.05, 0.1) is 4.90 Å². The average molecular weight is 471 g/mol. The number of halogens is 1. The zero-order valence-electron chi connectivity index (χ0n) is 15.7. The van der Waals surface area contributed by atoms with E-state index in [0.29, 0.717) is 5.56 Å². The van der Waals surface area contributed by atoms with E-state index in [1.807, 2.05) is 37.3 Å². The molecule has 0 heterocycles. The van der Waals surface area contributed by atoms with Gasteiger partial charge in [-0.15, -0.1) is 4.40 Å². The minimum absolute atomic E-state index is 0.0599. The minimum Gasteiger partial charge on any atom is -0.309 e. The van der Waals surface area contributed by atoms with E-state index in [1.54, 1.807) is 36.4 Å². The fraction of sp³-hybridized carbons (Fsp3) is 0.0909. The lowest BCUT2D eigenvalue weighted by Gasteiger charge is -2.10. The highest BCUT2D eigenvalue weighted by Crippen LogP contribution is 2.15. The third-order valence-electron chi connectivity index (χ3n) is 4.13. The van der Waals surface area contributed by atoms with Crippen LogP contribution in [0, 0.1) is 6.92 Å². The number of rotatable bonds is 5. The molecule has 1 amide bonds. The van der Waals surface area contributed by atoms with E-state index in [2.05, 4.69) is 25.6 Å². The van der Waals surface area contributed by atoms with Gasteiger partial charge in [0.2, 0.25) is 0 Å². The van der Waals surface area contributed by atoms with Gasteiger partial charge in [-0.3, -0.25) is 4.79 Å². The Labute approximate surface area is 178 Å². The molecule has 0 saturated carbocycles. The van der Waals surface area contributed by atoms with Gasteiger partial charge in [-0.25, -0.2) is 0 Å². The summed E-state index contributed by atoms with van der Waals surface area (Å²) < 4.78 is 30.3. The standard InChI is InChI=1S/C22H19BrN2O3S/c1-16-7-13-20(14-8-16)29(27,28)25-21(15-17-5-3-2-4-6-17)24-22(26)18-9-11-19(23)12-10-18/h2-14H,15H2,1H3,(H,24,25,26). The summed E-state index contributed by atoms with van der Waals surface area (Å²) in [6.45, 7) is 1.87. The van der Waals surface area contributed by atoms with Crippen molar-refractivity contribution in [1.29, 1.82) is 0 Å². The Balaban J connectivity index is 1.93. The largest absolute Gasteiger partial charge is 0.309 e. The fourth-order valence-electron chi connectivity index (χ4n) is 2.60. The second kappa shape index (κ2) is 9.15. The van der Waals surface area contributed by atoms with Crippen LogP contribution < -0.4 is 5.32 Å². The number of amides is 1. The van der Waals surface area contributed by atoms with Crippen LogP contribution in [0.3, 0.4) is 0 Å². The quantitative estimate of drug-likeness (QED) is 0.439. The molecule has 0 aliphatic rings. The van der Waals surface area contributed by atoms with Crippen LogP contribution in [0.1, 0.15) is 21.5 Å². The molecule has 0 atom stereocenters. The summed E-state index contributed by atoms with van der Waals surface area (Å²) in [5.41, 5.74) is 2.18. The number of sulfonamides is 1. The van der Waals surface area contributed by atoms with Crippen LogP contribution >= 0.6 is 15.9 Å². The first-order valence-corrected chi connectivity index (χ1v) is 11.1. The Morgan fingerprint density at radius 2 is 1.55 bits per heavy atom. The number of nitrogens with one attached hydrogen (secondary N) is 1. The number of aryl methyl sites for hydroxylation is 1. The molecule has 0 saturated heterocycles. The summed E-state index contributed by atoms with van der Waals surface area (Å²) in [6, 6.07) is 22.5. The van der Waals surface area contributed by atoms with E-state index < -0.39 is 15.9 Å². The highest BCUT2D eigenvalue weighted by molar-refractivity contribution is 9.10. The highest BCUT2D eigenvalue weighted by Gasteiger charge is 2.17. The molecule has 0 unspecified atom stereocenters. The minimum atomic E-state index is -3.97. The molecule has 0 fully saturated rings. The lowest BCUT2D eigenvalue weighted by Crippen LogP contribution is -2.32. The number of carbonyl (C=O) groups is 1. The predicted octanol–water partition coefficient (Wildman–Crippen LogP) is 4.52. The predicted molar refractivity (Wildman–Crippen MR) is 118 cm³/mol. The zero-order valence-corrected chi connectivity index (χ0v) is 18.1. The highest BCUT2D eigenvalue weighted by atomic mass is 79.9. The third-order valence-corrected chi connectivity index (χ3v) is 5.99. The zero-order chi connectivity index (χ0) is 20.9. The van der Waals surface area contributed by atoms with Crippen molar-refractivity contribution in [3.05, 3.63) is 100 Å². The Morgan fingerprint density at radius 3 is 2.17 bits per heavy atom. The molecule has 3 aromatic carbocycles. The van der Waals surface area contributed by atoms with Crippen molar-refractivity contribution in [3.8, 4) is 0 Å². The van der Waals surface area contributed by atoms with E-state index in [1.165, 1.54) is 12.1 Å². The summed E-state index contributed by atoms with van der Waals surface area (Å²) in [6.07, 6.45) is 0.175. The lowest BCUT2D eigenvalue weighted by molar-refractivity contribution is 0.0976. The molecular weight excluding hydrogens is 452 g/mol. The lowest BCUT2D eigenvalue weighted by atomic mass is 10.1. The van der Waals surface area contributed by atoms with Crippen molar-refractivity contribution in [2.75, 3.05) is 0 Å². The first-order chi connectivity index (χ1) is 13.8. The molecule has 0 aromatic heterocycles. The summed E-state index contributed by atoms with van der Waals surface area (Å²) in [5, 5.41) is 2.66. The maximum atomic E-state index is 12.8. The van der Waals surface area contributed by atoms with E-state index in [-0.39, 0.29) is 17.2 Å². The second-order valence-electron chi connectivity index (χ2n) is 6.45. The van der Waals surface area contributed by atoms with Crippen LogP contribution in [0.4, 0.5) is 0 Å². The van der Waals surface area contributed by atoms with Crippen molar-refractivity contribution in [2.24, 2.45) is 4.40 Å². The molecule has 0 radical (unpaired) electrons. The molecule has 5 nitrogen and oxygen atoms in total. The first-order valence-electron chi connectivity index (χ1n) is 8.85. The molecule has 7 heteroatoms. The average Bonchev–Trinajstić information content (AvgIpc) is 2.69. The molecule has 1 N–H and O–H groups in total. The monoisotopic (exact) mass is 470 g/mol. The third kappa shape index (κ3) is 5.85. The van der Waals surface area contributed by atoms with Crippen LogP contribution in [0.25, 0.3) is 0 Å². The van der Waals surface area contributed by atoms with Gasteiger partial charge in [-0.1, -0.05) is 64.0 Å². The molecular formula is C22H19BrN2O3S. The van der Waals surface area contributed by atoms with Gasteiger partial charge < -0.3 is 5.32 Å². The number of amidine groups is 1. The van der Waals surface area contributed by atoms with Gasteiger partial charge in [0, 0.05) is 16.5 Å². The van der Waals surface area contributed by atoms with Crippen molar-refractivity contribution in [1.82, 2.24) is 5.32 Å². The van der Waals surface area contributed by atoms with Gasteiger partial charge in [-0.05, 0) is 48.9 Å². The number of carbonyl (C=O) groups excluding carboxylic acids is 1. The van der Waals surface area contributed by atoms with Gasteiger partial charge in [0.15, 0.2) is 0 Å². The number of nitrogens with zero attached hydrogens (tertiary/aromatic N) is 1. The van der Waals surface area contributed by atoms with Crippen LogP contribution in [0.2, 0.25) is 0 Å². The SMILES string of the molecule is Cc1ccc(S(=O)(=O)/N=C(\Cc2ccccc2)NC(=O)c2ccc(Br)cc2)cc1. The van der Waals surface area contributed by atoms with E-state index in [9.17, 15) is 13.2 Å². The van der Waals surface area contributed by atoms with Gasteiger partial charge in [0.25, 0.3) is 15.9 Å². The van der Waals surface area contributed by atoms with Crippen molar-refractivity contribution >= 4 is 37.7 Å². The Hall–Kier alpha value is -2.77. The fourth-order valence-corrected chi connectivity index (χ4v) is 3.85. The maximum absolute atomic E-state index is 12.8. The molecule has 0 spiro atoms. The second-order valence-corrected chi connectivity index (χ2v) is 8.97. The number of hydrogen-bond donors (Lipinski definition) is 1. The van der Waals surface area contributed by atoms with E-state index in [4.69, 9.17) is 0 Å². The van der Waals surface area contributed by atoms with Crippen molar-refractivity contribution in [2.45, 2.75) is 18.2 Å². The van der Waals surface area contributed by atoms with E-state index >= 15 is 0 Å². The van der Waals surface area contributed by atoms with E-state index in [0.717, 1.165) is 15.6 Å². The molecule has 3 aromatic rings. The smallest absolute Gasteiger partial charge is 0.283 e. The summed E-state index contributed by atoms with van der Waals surface area (Å²) in [7, 11) is -3.97. The van der Waals surface area contributed by atoms with Crippen LogP contribution in [0.5, 0.6) is 0 Å². The van der Waals surface area contributed by atoms with Gasteiger partial charge in [-0.2, -0.15) is 8.42 Å². The van der Waals surface area contributed by atoms with Crippen LogP contribution in [-0.2, 0) is 16.4 Å². The molecule has 0 bridgehead atoms. The Kier molecular flexibility index (Phi) is 6.61. The summed E-state index contributed by atoms with van der Waals surface area (Å²) in [4.78, 5) is 12.7. The van der Waals surface area contributed by atoms with Crippen molar-refractivity contribution in [3.63, 3.8) is 0 Å². The molecule has 0 aliphatic carbocycles. The summed E-state index contributed by atoms with van der Waals surface area (Å²) >= 11 is 3.33. The number of hydrogen-bond acceptors (Lipinski definition) is 3. The van der Waals surface area contributed by atoms with Crippen LogP contribution in [-0.4, -0.2) is 20.2 Å². The normalized spacial score (nSPS) is 11.9.